The number of benzene rings is 1. The Morgan fingerprint density at radius 2 is 1.76 bits per heavy atom. The number of rotatable bonds is 5. The van der Waals surface area contributed by atoms with Gasteiger partial charge in [-0.05, 0) is 45.0 Å². The zero-order chi connectivity index (χ0) is 13.1. The Morgan fingerprint density at radius 3 is 2.18 bits per heavy atom. The Hall–Kier alpha value is -1.07. The van der Waals surface area contributed by atoms with E-state index in [2.05, 4.69) is 0 Å². The van der Waals surface area contributed by atoms with Crippen molar-refractivity contribution in [1.82, 2.24) is 0 Å². The quantitative estimate of drug-likeness (QED) is 0.869. The standard InChI is InChI=1S/C12H19NO3S/c1-4-16-10-5-7-11(8-6-10)17(14,15)9-12(2,3)13/h5-8H,4,9,13H2,1-3H3. The third kappa shape index (κ3) is 4.36. The van der Waals surface area contributed by atoms with E-state index < -0.39 is 15.4 Å². The molecule has 0 saturated heterocycles. The molecule has 0 aromatic heterocycles. The van der Waals surface area contributed by atoms with Crippen molar-refractivity contribution in [2.45, 2.75) is 31.2 Å². The SMILES string of the molecule is CCOc1ccc(S(=O)(=O)CC(C)(C)N)cc1. The fourth-order valence-electron chi connectivity index (χ4n) is 1.48. The summed E-state index contributed by atoms with van der Waals surface area (Å²) in [6.45, 7) is 5.82. The fourth-order valence-corrected chi connectivity index (χ4v) is 3.18. The van der Waals surface area contributed by atoms with Gasteiger partial charge in [-0.3, -0.25) is 0 Å². The zero-order valence-corrected chi connectivity index (χ0v) is 11.3. The largest absolute Gasteiger partial charge is 0.494 e. The summed E-state index contributed by atoms with van der Waals surface area (Å²) < 4.78 is 29.2. The van der Waals surface area contributed by atoms with Crippen molar-refractivity contribution in [3.8, 4) is 5.75 Å². The first kappa shape index (κ1) is 14.0. The second kappa shape index (κ2) is 5.06. The van der Waals surface area contributed by atoms with Crippen LogP contribution < -0.4 is 10.5 Å². The van der Waals surface area contributed by atoms with Gasteiger partial charge in [0.05, 0.1) is 17.3 Å². The minimum Gasteiger partial charge on any atom is -0.494 e. The summed E-state index contributed by atoms with van der Waals surface area (Å²) in [6, 6.07) is 6.40. The molecule has 0 spiro atoms. The molecule has 0 bridgehead atoms. The summed E-state index contributed by atoms with van der Waals surface area (Å²) in [4.78, 5) is 0.277. The van der Waals surface area contributed by atoms with Gasteiger partial charge in [0, 0.05) is 5.54 Å². The van der Waals surface area contributed by atoms with Gasteiger partial charge in [0.25, 0.3) is 0 Å². The van der Waals surface area contributed by atoms with E-state index >= 15 is 0 Å². The summed E-state index contributed by atoms with van der Waals surface area (Å²) >= 11 is 0. The first-order chi connectivity index (χ1) is 7.74. The molecule has 0 fully saturated rings. The molecule has 0 aliphatic heterocycles. The molecule has 0 amide bonds. The molecule has 1 aromatic carbocycles. The third-order valence-electron chi connectivity index (χ3n) is 2.06. The molecule has 0 heterocycles. The van der Waals surface area contributed by atoms with E-state index in [0.717, 1.165) is 0 Å². The van der Waals surface area contributed by atoms with Crippen molar-refractivity contribution in [2.24, 2.45) is 5.73 Å². The molecular formula is C12H19NO3S. The summed E-state index contributed by atoms with van der Waals surface area (Å²) in [6.07, 6.45) is 0. The highest BCUT2D eigenvalue weighted by Gasteiger charge is 2.23. The van der Waals surface area contributed by atoms with Crippen LogP contribution in [0.4, 0.5) is 0 Å². The molecule has 0 radical (unpaired) electrons. The van der Waals surface area contributed by atoms with Crippen molar-refractivity contribution in [3.05, 3.63) is 24.3 Å². The molecule has 1 aromatic rings. The molecule has 0 atom stereocenters. The maximum atomic E-state index is 12.0. The molecule has 1 rings (SSSR count). The van der Waals surface area contributed by atoms with Gasteiger partial charge in [0.1, 0.15) is 5.75 Å². The maximum Gasteiger partial charge on any atom is 0.180 e. The Balaban J connectivity index is 2.93. The minimum absolute atomic E-state index is 0.0754. The lowest BCUT2D eigenvalue weighted by atomic mass is 10.1. The van der Waals surface area contributed by atoms with Crippen LogP contribution in [0.15, 0.2) is 29.2 Å². The van der Waals surface area contributed by atoms with Gasteiger partial charge in [0.2, 0.25) is 0 Å². The van der Waals surface area contributed by atoms with Crippen LogP contribution in [0.25, 0.3) is 0 Å². The van der Waals surface area contributed by atoms with Crippen LogP contribution in [-0.4, -0.2) is 26.3 Å². The number of hydrogen-bond donors (Lipinski definition) is 1. The fraction of sp³-hybridized carbons (Fsp3) is 0.500. The van der Waals surface area contributed by atoms with Gasteiger partial charge < -0.3 is 10.5 Å². The van der Waals surface area contributed by atoms with E-state index in [1.807, 2.05) is 6.92 Å². The molecule has 2 N–H and O–H groups in total. The summed E-state index contributed by atoms with van der Waals surface area (Å²) in [5, 5.41) is 0. The lowest BCUT2D eigenvalue weighted by Crippen LogP contribution is -2.39. The van der Waals surface area contributed by atoms with Crippen LogP contribution in [0.3, 0.4) is 0 Å². The number of hydrogen-bond acceptors (Lipinski definition) is 4. The van der Waals surface area contributed by atoms with Gasteiger partial charge >= 0.3 is 0 Å². The van der Waals surface area contributed by atoms with Crippen LogP contribution in [-0.2, 0) is 9.84 Å². The highest BCUT2D eigenvalue weighted by Crippen LogP contribution is 2.19. The average Bonchev–Trinajstić information content (AvgIpc) is 2.15. The number of ether oxygens (including phenoxy) is 1. The zero-order valence-electron chi connectivity index (χ0n) is 10.4. The first-order valence-electron chi connectivity index (χ1n) is 5.49. The number of nitrogens with two attached hydrogens (primary N) is 1. The highest BCUT2D eigenvalue weighted by atomic mass is 32.2. The third-order valence-corrected chi connectivity index (χ3v) is 4.17. The van der Waals surface area contributed by atoms with E-state index in [1.54, 1.807) is 38.1 Å². The second-order valence-corrected chi connectivity index (χ2v) is 6.64. The normalized spacial score (nSPS) is 12.5. The van der Waals surface area contributed by atoms with Crippen LogP contribution in [0.2, 0.25) is 0 Å². The summed E-state index contributed by atoms with van der Waals surface area (Å²) in [5.41, 5.74) is 4.99. The Kier molecular flexibility index (Phi) is 4.16. The van der Waals surface area contributed by atoms with Crippen molar-refractivity contribution in [1.29, 1.82) is 0 Å². The first-order valence-corrected chi connectivity index (χ1v) is 7.14. The van der Waals surface area contributed by atoms with Crippen LogP contribution in [0, 0.1) is 0 Å². The van der Waals surface area contributed by atoms with E-state index in [1.165, 1.54) is 0 Å². The van der Waals surface area contributed by atoms with Gasteiger partial charge in [-0.15, -0.1) is 0 Å². The molecular weight excluding hydrogens is 238 g/mol. The van der Waals surface area contributed by atoms with Crippen LogP contribution >= 0.6 is 0 Å². The van der Waals surface area contributed by atoms with Crippen molar-refractivity contribution < 1.29 is 13.2 Å². The van der Waals surface area contributed by atoms with Crippen molar-refractivity contribution in [2.75, 3.05) is 12.4 Å². The van der Waals surface area contributed by atoms with Gasteiger partial charge in [0.15, 0.2) is 9.84 Å². The Morgan fingerprint density at radius 1 is 1.24 bits per heavy atom. The van der Waals surface area contributed by atoms with E-state index in [9.17, 15) is 8.42 Å². The predicted octanol–water partition coefficient (Wildman–Crippen LogP) is 1.60. The lowest BCUT2D eigenvalue weighted by Gasteiger charge is -2.18. The van der Waals surface area contributed by atoms with Crippen LogP contribution in [0.1, 0.15) is 20.8 Å². The van der Waals surface area contributed by atoms with Crippen LogP contribution in [0.5, 0.6) is 5.75 Å². The second-order valence-electron chi connectivity index (χ2n) is 4.65. The minimum atomic E-state index is -3.33. The lowest BCUT2D eigenvalue weighted by molar-refractivity contribution is 0.340. The topological polar surface area (TPSA) is 69.4 Å². The molecule has 5 heteroatoms. The van der Waals surface area contributed by atoms with E-state index in [-0.39, 0.29) is 10.6 Å². The average molecular weight is 257 g/mol. The smallest absolute Gasteiger partial charge is 0.180 e. The molecule has 17 heavy (non-hydrogen) atoms. The maximum absolute atomic E-state index is 12.0. The Bertz CT molecular complexity index is 458. The molecule has 0 saturated carbocycles. The molecule has 0 aliphatic carbocycles. The molecule has 0 aliphatic rings. The highest BCUT2D eigenvalue weighted by molar-refractivity contribution is 7.91. The van der Waals surface area contributed by atoms with Gasteiger partial charge in [-0.1, -0.05) is 0 Å². The molecule has 96 valence electrons. The van der Waals surface area contributed by atoms with Crippen molar-refractivity contribution in [3.63, 3.8) is 0 Å². The summed E-state index contributed by atoms with van der Waals surface area (Å²) in [7, 11) is -3.33. The van der Waals surface area contributed by atoms with E-state index in [0.29, 0.717) is 12.4 Å². The Labute approximate surface area is 103 Å². The number of sulfone groups is 1. The van der Waals surface area contributed by atoms with Crippen molar-refractivity contribution >= 4 is 9.84 Å². The van der Waals surface area contributed by atoms with Gasteiger partial charge in [-0.2, -0.15) is 0 Å². The molecule has 4 nitrogen and oxygen atoms in total. The predicted molar refractivity (Wildman–Crippen MR) is 67.9 cm³/mol. The monoisotopic (exact) mass is 257 g/mol. The van der Waals surface area contributed by atoms with Gasteiger partial charge in [-0.25, -0.2) is 8.42 Å². The molecule has 0 unspecified atom stereocenters. The van der Waals surface area contributed by atoms with E-state index in [4.69, 9.17) is 10.5 Å². The summed E-state index contributed by atoms with van der Waals surface area (Å²) in [5.74, 6) is 0.590.